The van der Waals surface area contributed by atoms with Gasteiger partial charge >= 0.3 is 0 Å². The molecule has 138 valence electrons. The lowest BCUT2D eigenvalue weighted by Gasteiger charge is -2.17. The van der Waals surface area contributed by atoms with Crippen LogP contribution in [-0.4, -0.2) is 40.1 Å². The van der Waals surface area contributed by atoms with Crippen molar-refractivity contribution in [3.8, 4) is 0 Å². The molecule has 1 saturated carbocycles. The van der Waals surface area contributed by atoms with Crippen LogP contribution in [0.25, 0.3) is 0 Å². The van der Waals surface area contributed by atoms with Crippen LogP contribution in [0.2, 0.25) is 0 Å². The largest absolute Gasteiger partial charge is 0.340 e. The third-order valence-electron chi connectivity index (χ3n) is 3.95. The Kier molecular flexibility index (Phi) is 6.66. The van der Waals surface area contributed by atoms with E-state index in [4.69, 9.17) is 0 Å². The van der Waals surface area contributed by atoms with Gasteiger partial charge in [-0.3, -0.25) is 14.9 Å². The number of carbonyl (C=O) groups excluding carboxylic acids is 2. The zero-order valence-electron chi connectivity index (χ0n) is 14.2. The van der Waals surface area contributed by atoms with Crippen LogP contribution in [0.1, 0.15) is 40.5 Å². The van der Waals surface area contributed by atoms with E-state index in [2.05, 4.69) is 36.8 Å². The molecule has 26 heavy (non-hydrogen) atoms. The number of anilines is 1. The van der Waals surface area contributed by atoms with Crippen molar-refractivity contribution in [2.75, 3.05) is 17.3 Å². The second kappa shape index (κ2) is 8.96. The predicted molar refractivity (Wildman–Crippen MR) is 109 cm³/mol. The Bertz CT molecular complexity index is 795. The minimum Gasteiger partial charge on any atom is -0.340 e. The summed E-state index contributed by atoms with van der Waals surface area (Å²) in [5, 5.41) is 15.3. The van der Waals surface area contributed by atoms with Gasteiger partial charge in [0.25, 0.3) is 5.91 Å². The van der Waals surface area contributed by atoms with E-state index in [1.54, 1.807) is 30.0 Å². The standard InChI is InChI=1S/C17H19BrN4O2S2/c1-25-9-8-13(19-14(23)11-4-2-3-5-12(11)18)15(24)20-17-22-21-16(26-17)10-6-7-10/h2-5,10,13H,6-9H2,1H3,(H,19,23)(H,20,22,24). The van der Waals surface area contributed by atoms with Gasteiger partial charge in [-0.15, -0.1) is 10.2 Å². The summed E-state index contributed by atoms with van der Waals surface area (Å²) in [5.74, 6) is 0.714. The molecule has 1 heterocycles. The van der Waals surface area contributed by atoms with Gasteiger partial charge in [0.2, 0.25) is 11.0 Å². The Morgan fingerprint density at radius 2 is 2.12 bits per heavy atom. The highest BCUT2D eigenvalue weighted by molar-refractivity contribution is 9.10. The second-order valence-corrected chi connectivity index (χ2v) is 8.85. The second-order valence-electron chi connectivity index (χ2n) is 6.00. The predicted octanol–water partition coefficient (Wildman–Crippen LogP) is 3.67. The fourth-order valence-corrected chi connectivity index (χ4v) is 4.21. The van der Waals surface area contributed by atoms with Gasteiger partial charge < -0.3 is 5.32 Å². The van der Waals surface area contributed by atoms with Crippen molar-refractivity contribution in [3.05, 3.63) is 39.3 Å². The van der Waals surface area contributed by atoms with Crippen LogP contribution in [0.15, 0.2) is 28.7 Å². The molecule has 3 rings (SSSR count). The molecule has 0 bridgehead atoms. The molecule has 0 spiro atoms. The number of aromatic nitrogens is 2. The first-order valence-corrected chi connectivity index (χ1v) is 11.3. The van der Waals surface area contributed by atoms with Gasteiger partial charge in [0.05, 0.1) is 5.56 Å². The molecule has 2 aromatic rings. The molecule has 0 radical (unpaired) electrons. The molecule has 2 N–H and O–H groups in total. The molecule has 1 unspecified atom stereocenters. The normalized spacial score (nSPS) is 14.7. The fourth-order valence-electron chi connectivity index (χ4n) is 2.36. The maximum Gasteiger partial charge on any atom is 0.253 e. The lowest BCUT2D eigenvalue weighted by atomic mass is 10.1. The van der Waals surface area contributed by atoms with Crippen LogP contribution in [0.4, 0.5) is 5.13 Å². The Morgan fingerprint density at radius 3 is 2.81 bits per heavy atom. The van der Waals surface area contributed by atoms with Gasteiger partial charge in [0.15, 0.2) is 0 Å². The van der Waals surface area contributed by atoms with Gasteiger partial charge in [-0.1, -0.05) is 23.5 Å². The number of halogens is 1. The van der Waals surface area contributed by atoms with E-state index in [1.807, 2.05) is 12.3 Å². The molecular weight excluding hydrogens is 436 g/mol. The average molecular weight is 455 g/mol. The average Bonchev–Trinajstić information content (AvgIpc) is 3.38. The molecule has 1 aromatic carbocycles. The zero-order chi connectivity index (χ0) is 18.5. The van der Waals surface area contributed by atoms with Crippen LogP contribution in [0.5, 0.6) is 0 Å². The summed E-state index contributed by atoms with van der Waals surface area (Å²) in [6, 6.07) is 6.51. The van der Waals surface area contributed by atoms with Crippen LogP contribution >= 0.6 is 39.0 Å². The van der Waals surface area contributed by atoms with Gasteiger partial charge in [-0.05, 0) is 59.3 Å². The quantitative estimate of drug-likeness (QED) is 0.635. The first-order valence-electron chi connectivity index (χ1n) is 8.27. The van der Waals surface area contributed by atoms with Crippen molar-refractivity contribution < 1.29 is 9.59 Å². The molecule has 1 aliphatic carbocycles. The van der Waals surface area contributed by atoms with Crippen LogP contribution in [-0.2, 0) is 4.79 Å². The van der Waals surface area contributed by atoms with Crippen LogP contribution in [0.3, 0.4) is 0 Å². The number of amides is 2. The topological polar surface area (TPSA) is 84.0 Å². The van der Waals surface area contributed by atoms with E-state index in [0.717, 1.165) is 23.6 Å². The smallest absolute Gasteiger partial charge is 0.253 e. The molecule has 2 amide bonds. The minimum atomic E-state index is -0.629. The first-order chi connectivity index (χ1) is 12.6. The summed E-state index contributed by atoms with van der Waals surface area (Å²) in [5.41, 5.74) is 0.501. The van der Waals surface area contributed by atoms with Crippen LogP contribution < -0.4 is 10.6 Å². The van der Waals surface area contributed by atoms with Gasteiger partial charge in [-0.25, -0.2) is 0 Å². The molecule has 9 heteroatoms. The Labute approximate surface area is 168 Å². The summed E-state index contributed by atoms with van der Waals surface area (Å²) >= 11 is 6.41. The molecular formula is C17H19BrN4O2S2. The summed E-state index contributed by atoms with van der Waals surface area (Å²) < 4.78 is 0.694. The monoisotopic (exact) mass is 454 g/mol. The first kappa shape index (κ1) is 19.3. The van der Waals surface area contributed by atoms with Gasteiger partial charge in [0.1, 0.15) is 11.0 Å². The van der Waals surface area contributed by atoms with E-state index >= 15 is 0 Å². The summed E-state index contributed by atoms with van der Waals surface area (Å²) in [6.07, 6.45) is 4.79. The third-order valence-corrected chi connectivity index (χ3v) is 6.28. The number of nitrogens with one attached hydrogen (secondary N) is 2. The highest BCUT2D eigenvalue weighted by atomic mass is 79.9. The molecule has 0 aliphatic heterocycles. The van der Waals surface area contributed by atoms with Crippen molar-refractivity contribution in [1.29, 1.82) is 0 Å². The van der Waals surface area contributed by atoms with E-state index in [0.29, 0.717) is 27.5 Å². The summed E-state index contributed by atoms with van der Waals surface area (Å²) in [7, 11) is 0. The summed E-state index contributed by atoms with van der Waals surface area (Å²) in [6.45, 7) is 0. The Morgan fingerprint density at radius 1 is 1.35 bits per heavy atom. The number of thioether (sulfide) groups is 1. The van der Waals surface area contributed by atoms with E-state index in [1.165, 1.54) is 11.3 Å². The van der Waals surface area contributed by atoms with E-state index < -0.39 is 6.04 Å². The summed E-state index contributed by atoms with van der Waals surface area (Å²) in [4.78, 5) is 25.2. The van der Waals surface area contributed by atoms with Gasteiger partial charge in [0, 0.05) is 10.4 Å². The minimum absolute atomic E-state index is 0.266. The maximum atomic E-state index is 12.7. The zero-order valence-corrected chi connectivity index (χ0v) is 17.4. The lowest BCUT2D eigenvalue weighted by Crippen LogP contribution is -2.44. The highest BCUT2D eigenvalue weighted by Crippen LogP contribution is 2.42. The van der Waals surface area contributed by atoms with Gasteiger partial charge in [-0.2, -0.15) is 11.8 Å². The van der Waals surface area contributed by atoms with E-state index in [9.17, 15) is 9.59 Å². The number of benzene rings is 1. The molecule has 0 saturated heterocycles. The number of hydrogen-bond acceptors (Lipinski definition) is 6. The Hall–Kier alpha value is -1.45. The third kappa shape index (κ3) is 5.05. The number of carbonyl (C=O) groups is 2. The van der Waals surface area contributed by atoms with Crippen molar-refractivity contribution in [2.45, 2.75) is 31.2 Å². The van der Waals surface area contributed by atoms with Crippen molar-refractivity contribution in [3.63, 3.8) is 0 Å². The molecule has 6 nitrogen and oxygen atoms in total. The molecule has 1 fully saturated rings. The SMILES string of the molecule is CSCCC(NC(=O)c1ccccc1Br)C(=O)Nc1nnc(C2CC2)s1. The number of hydrogen-bond donors (Lipinski definition) is 2. The van der Waals surface area contributed by atoms with E-state index in [-0.39, 0.29) is 11.8 Å². The molecule has 1 aliphatic rings. The lowest BCUT2D eigenvalue weighted by molar-refractivity contribution is -0.118. The maximum absolute atomic E-state index is 12.7. The number of rotatable bonds is 8. The van der Waals surface area contributed by atoms with Crippen LogP contribution in [0, 0.1) is 0 Å². The fraction of sp³-hybridized carbons (Fsp3) is 0.412. The van der Waals surface area contributed by atoms with Crippen molar-refractivity contribution in [1.82, 2.24) is 15.5 Å². The van der Waals surface area contributed by atoms with Crippen molar-refractivity contribution >= 4 is 56.0 Å². The molecule has 1 atom stereocenters. The van der Waals surface area contributed by atoms with Crippen molar-refractivity contribution in [2.24, 2.45) is 0 Å². The highest BCUT2D eigenvalue weighted by Gasteiger charge is 2.28. The molecule has 1 aromatic heterocycles. The number of nitrogens with zero attached hydrogens (tertiary/aromatic N) is 2. The Balaban J connectivity index is 1.66.